The molecule has 0 unspecified atom stereocenters. The highest BCUT2D eigenvalue weighted by Crippen LogP contribution is 2.11. The molecule has 0 radical (unpaired) electrons. The Bertz CT molecular complexity index is 535. The fourth-order valence-corrected chi connectivity index (χ4v) is 1.48. The summed E-state index contributed by atoms with van der Waals surface area (Å²) in [4.78, 5) is 27.2. The van der Waals surface area contributed by atoms with Crippen molar-refractivity contribution < 1.29 is 23.1 Å². The van der Waals surface area contributed by atoms with Crippen LogP contribution >= 0.6 is 0 Å². The number of nitrogens with two attached hydrogens (primary N) is 1. The lowest BCUT2D eigenvalue weighted by atomic mass is 10.2. The Balaban J connectivity index is 2.79. The van der Waals surface area contributed by atoms with E-state index >= 15 is 0 Å². The van der Waals surface area contributed by atoms with Gasteiger partial charge in [0.2, 0.25) is 0 Å². The zero-order chi connectivity index (χ0) is 16.0. The van der Waals surface area contributed by atoms with E-state index in [2.05, 4.69) is 4.98 Å². The Morgan fingerprint density at radius 2 is 2.10 bits per heavy atom. The molecule has 1 aromatic heterocycles. The molecule has 21 heavy (non-hydrogen) atoms. The Kier molecular flexibility index (Phi) is 5.71. The van der Waals surface area contributed by atoms with Crippen LogP contribution in [0.15, 0.2) is 12.1 Å². The number of ether oxygens (including phenoxy) is 1. The van der Waals surface area contributed by atoms with Gasteiger partial charge in [0.1, 0.15) is 5.69 Å². The summed E-state index contributed by atoms with van der Waals surface area (Å²) in [5, 5.41) is 2.04. The second-order valence-electron chi connectivity index (χ2n) is 4.29. The highest BCUT2D eigenvalue weighted by atomic mass is 19.3. The van der Waals surface area contributed by atoms with Gasteiger partial charge in [-0.2, -0.15) is 0 Å². The van der Waals surface area contributed by atoms with E-state index in [-0.39, 0.29) is 23.6 Å². The molecule has 6 nitrogen and oxygen atoms in total. The number of hydrogen-bond acceptors (Lipinski definition) is 5. The Morgan fingerprint density at radius 3 is 2.62 bits per heavy atom. The first-order chi connectivity index (χ1) is 9.80. The highest BCUT2D eigenvalue weighted by molar-refractivity contribution is 5.95. The van der Waals surface area contributed by atoms with Crippen LogP contribution in [0.3, 0.4) is 0 Å². The summed E-state index contributed by atoms with van der Waals surface area (Å²) >= 11 is 0. The van der Waals surface area contributed by atoms with E-state index in [1.807, 2.05) is 5.32 Å². The molecule has 0 aromatic carbocycles. The average molecular weight is 301 g/mol. The van der Waals surface area contributed by atoms with E-state index < -0.39 is 30.9 Å². The molecule has 0 bridgehead atoms. The molecule has 0 atom stereocenters. The van der Waals surface area contributed by atoms with Gasteiger partial charge >= 0.3 is 5.97 Å². The zero-order valence-corrected chi connectivity index (χ0v) is 11.8. The van der Waals surface area contributed by atoms with Gasteiger partial charge in [0.25, 0.3) is 11.8 Å². The van der Waals surface area contributed by atoms with E-state index in [4.69, 9.17) is 10.5 Å². The van der Waals surface area contributed by atoms with Gasteiger partial charge in [-0.25, -0.2) is 18.6 Å². The van der Waals surface area contributed by atoms with Crippen molar-refractivity contribution in [3.05, 3.63) is 29.1 Å². The highest BCUT2D eigenvalue weighted by Gasteiger charge is 2.27. The number of nitrogens with zero attached hydrogens (tertiary/aromatic N) is 1. The third-order valence-corrected chi connectivity index (χ3v) is 2.62. The molecule has 116 valence electrons. The van der Waals surface area contributed by atoms with Gasteiger partial charge in [-0.05, 0) is 26.0 Å². The van der Waals surface area contributed by atoms with Gasteiger partial charge in [0, 0.05) is 0 Å². The lowest BCUT2D eigenvalue weighted by Gasteiger charge is -2.14. The second-order valence-corrected chi connectivity index (χ2v) is 4.29. The summed E-state index contributed by atoms with van der Waals surface area (Å²) in [6, 6.07) is 2.64. The number of halogens is 2. The monoisotopic (exact) mass is 301 g/mol. The molecule has 0 fully saturated rings. The van der Waals surface area contributed by atoms with Crippen molar-refractivity contribution in [1.29, 1.82) is 0 Å². The molecule has 1 aromatic rings. The number of pyridine rings is 1. The molecule has 0 saturated carbocycles. The third kappa shape index (κ3) is 4.75. The van der Waals surface area contributed by atoms with Crippen LogP contribution in [-0.4, -0.2) is 42.5 Å². The van der Waals surface area contributed by atoms with Crippen LogP contribution in [0.5, 0.6) is 0 Å². The Labute approximate surface area is 120 Å². The van der Waals surface area contributed by atoms with E-state index in [9.17, 15) is 18.4 Å². The Hall–Kier alpha value is -2.09. The first kappa shape index (κ1) is 17.0. The molecule has 3 N–H and O–H groups in total. The topological polar surface area (TPSA) is 94.3 Å². The number of carbonyl (C=O) groups excluding carboxylic acids is 2. The molecule has 8 heteroatoms. The van der Waals surface area contributed by atoms with Crippen molar-refractivity contribution in [2.75, 3.05) is 19.7 Å². The van der Waals surface area contributed by atoms with Crippen LogP contribution in [0.1, 0.15) is 33.5 Å². The molecule has 1 rings (SSSR count). The summed E-state index contributed by atoms with van der Waals surface area (Å²) < 4.78 is 30.7. The molecule has 0 aliphatic heterocycles. The van der Waals surface area contributed by atoms with Gasteiger partial charge in [-0.3, -0.25) is 4.79 Å². The van der Waals surface area contributed by atoms with Crippen molar-refractivity contribution in [1.82, 2.24) is 10.3 Å². The fourth-order valence-electron chi connectivity index (χ4n) is 1.48. The summed E-state index contributed by atoms with van der Waals surface area (Å²) in [5.41, 5.74) is 5.31. The molecule has 0 aliphatic carbocycles. The largest absolute Gasteiger partial charge is 0.462 e. The van der Waals surface area contributed by atoms with E-state index in [1.165, 1.54) is 19.1 Å². The number of aryl methyl sites for hydroxylation is 1. The summed E-state index contributed by atoms with van der Waals surface area (Å²) in [6.45, 7) is 1.68. The predicted octanol–water partition coefficient (Wildman–Crippen LogP) is 0.891. The Morgan fingerprint density at radius 1 is 1.43 bits per heavy atom. The summed E-state index contributed by atoms with van der Waals surface area (Å²) in [7, 11) is 0. The average Bonchev–Trinajstić information content (AvgIpc) is 2.45. The molecule has 1 amide bonds. The maximum atomic E-state index is 12.9. The quantitative estimate of drug-likeness (QED) is 0.761. The molecule has 0 saturated heterocycles. The first-order valence-corrected chi connectivity index (χ1v) is 6.31. The minimum atomic E-state index is -3.17. The molecule has 0 spiro atoms. The number of carbonyl (C=O) groups is 2. The van der Waals surface area contributed by atoms with Crippen molar-refractivity contribution in [2.45, 2.75) is 19.8 Å². The number of esters is 1. The van der Waals surface area contributed by atoms with Gasteiger partial charge in [0.05, 0.1) is 31.0 Å². The number of alkyl halides is 2. The summed E-state index contributed by atoms with van der Waals surface area (Å²) in [5.74, 6) is -4.49. The number of rotatable bonds is 6. The minimum absolute atomic E-state index is 0.0617. The molecule has 1 heterocycles. The maximum absolute atomic E-state index is 12.9. The number of nitrogens with one attached hydrogen (secondary N) is 1. The van der Waals surface area contributed by atoms with E-state index in [0.717, 1.165) is 0 Å². The second kappa shape index (κ2) is 7.07. The normalized spacial score (nSPS) is 11.1. The lowest BCUT2D eigenvalue weighted by Crippen LogP contribution is -2.41. The predicted molar refractivity (Wildman–Crippen MR) is 71.3 cm³/mol. The van der Waals surface area contributed by atoms with Crippen LogP contribution in [0.2, 0.25) is 0 Å². The van der Waals surface area contributed by atoms with Crippen molar-refractivity contribution in [3.8, 4) is 0 Å². The molecular weight excluding hydrogens is 284 g/mol. The molecule has 0 aliphatic rings. The van der Waals surface area contributed by atoms with Crippen LogP contribution in [0.25, 0.3) is 0 Å². The number of amides is 1. The maximum Gasteiger partial charge on any atom is 0.339 e. The number of hydrogen-bond donors (Lipinski definition) is 2. The van der Waals surface area contributed by atoms with E-state index in [0.29, 0.717) is 0 Å². The van der Waals surface area contributed by atoms with Crippen LogP contribution in [0, 0.1) is 6.92 Å². The van der Waals surface area contributed by atoms with Crippen molar-refractivity contribution in [2.24, 2.45) is 5.73 Å². The van der Waals surface area contributed by atoms with Crippen LogP contribution < -0.4 is 11.1 Å². The van der Waals surface area contributed by atoms with Crippen LogP contribution in [0.4, 0.5) is 8.78 Å². The van der Waals surface area contributed by atoms with Crippen molar-refractivity contribution in [3.63, 3.8) is 0 Å². The first-order valence-electron chi connectivity index (χ1n) is 6.31. The third-order valence-electron chi connectivity index (χ3n) is 2.62. The van der Waals surface area contributed by atoms with Gasteiger partial charge in [0.15, 0.2) is 0 Å². The van der Waals surface area contributed by atoms with Crippen molar-refractivity contribution >= 4 is 11.9 Å². The van der Waals surface area contributed by atoms with Crippen LogP contribution in [-0.2, 0) is 4.74 Å². The fraction of sp³-hybridized carbons (Fsp3) is 0.462. The van der Waals surface area contributed by atoms with Gasteiger partial charge in [-0.15, -0.1) is 0 Å². The van der Waals surface area contributed by atoms with Gasteiger partial charge < -0.3 is 15.8 Å². The SMILES string of the molecule is CCOC(=O)c1ccc(C(=O)NCC(F)(F)CN)nc1C. The minimum Gasteiger partial charge on any atom is -0.462 e. The van der Waals surface area contributed by atoms with E-state index in [1.54, 1.807) is 6.92 Å². The zero-order valence-electron chi connectivity index (χ0n) is 11.8. The van der Waals surface area contributed by atoms with Gasteiger partial charge in [-0.1, -0.05) is 0 Å². The smallest absolute Gasteiger partial charge is 0.339 e. The lowest BCUT2D eigenvalue weighted by molar-refractivity contribution is 0.0118. The summed E-state index contributed by atoms with van der Waals surface area (Å²) in [6.07, 6.45) is 0. The number of aromatic nitrogens is 1. The molecular formula is C13H17F2N3O3. The standard InChI is InChI=1S/C13H17F2N3O3/c1-3-21-12(20)9-4-5-10(18-8(9)2)11(19)17-7-13(14,15)6-16/h4-5H,3,6-7,16H2,1-2H3,(H,17,19).